The number of nitrogens with zero attached hydrogens (tertiary/aromatic N) is 1. The van der Waals surface area contributed by atoms with Gasteiger partial charge in [-0.1, -0.05) is 27.5 Å². The molecular formula is C14H12BrClN2O. The summed E-state index contributed by atoms with van der Waals surface area (Å²) in [5, 5.41) is 3.49. The number of hydrogen-bond donors (Lipinski definition) is 1. The summed E-state index contributed by atoms with van der Waals surface area (Å²) >= 11 is 9.36. The molecule has 19 heavy (non-hydrogen) atoms. The van der Waals surface area contributed by atoms with E-state index in [-0.39, 0.29) is 5.91 Å². The predicted molar refractivity (Wildman–Crippen MR) is 79.8 cm³/mol. The van der Waals surface area contributed by atoms with E-state index in [0.717, 1.165) is 23.0 Å². The van der Waals surface area contributed by atoms with Gasteiger partial charge in [-0.2, -0.15) is 0 Å². The van der Waals surface area contributed by atoms with Gasteiger partial charge in [0.15, 0.2) is 0 Å². The van der Waals surface area contributed by atoms with Crippen molar-refractivity contribution < 1.29 is 4.79 Å². The molecule has 0 aliphatic heterocycles. The fourth-order valence-electron chi connectivity index (χ4n) is 2.01. The standard InChI is InChI=1S/C14H12BrClN2O/c15-9-1-3-11(4-2-9)17-14(19)13-7-10(16)8-18(13)12-5-6-12/h1-4,7-8,12H,5-6H2,(H,17,19). The molecule has 98 valence electrons. The molecule has 0 atom stereocenters. The summed E-state index contributed by atoms with van der Waals surface area (Å²) in [5.41, 5.74) is 1.39. The van der Waals surface area contributed by atoms with Gasteiger partial charge in [0.25, 0.3) is 5.91 Å². The van der Waals surface area contributed by atoms with Crippen LogP contribution in [0.1, 0.15) is 29.4 Å². The van der Waals surface area contributed by atoms with Crippen molar-refractivity contribution in [1.82, 2.24) is 4.57 Å². The van der Waals surface area contributed by atoms with Crippen LogP contribution in [0.15, 0.2) is 41.0 Å². The molecule has 3 nitrogen and oxygen atoms in total. The maximum atomic E-state index is 12.3. The minimum absolute atomic E-state index is 0.124. The third-order valence-corrected chi connectivity index (χ3v) is 3.83. The van der Waals surface area contributed by atoms with Crippen LogP contribution < -0.4 is 5.32 Å². The maximum absolute atomic E-state index is 12.3. The zero-order valence-corrected chi connectivity index (χ0v) is 12.4. The first-order valence-electron chi connectivity index (χ1n) is 6.08. The SMILES string of the molecule is O=C(Nc1ccc(Br)cc1)c1cc(Cl)cn1C1CC1. The van der Waals surface area contributed by atoms with Crippen LogP contribution >= 0.6 is 27.5 Å². The number of rotatable bonds is 3. The first-order valence-corrected chi connectivity index (χ1v) is 7.25. The highest BCUT2D eigenvalue weighted by atomic mass is 79.9. The predicted octanol–water partition coefficient (Wildman–Crippen LogP) is 4.49. The Morgan fingerprint density at radius 2 is 2.00 bits per heavy atom. The van der Waals surface area contributed by atoms with Crippen molar-refractivity contribution >= 4 is 39.1 Å². The van der Waals surface area contributed by atoms with E-state index in [9.17, 15) is 4.79 Å². The molecule has 1 aromatic carbocycles. The quantitative estimate of drug-likeness (QED) is 0.878. The smallest absolute Gasteiger partial charge is 0.272 e. The summed E-state index contributed by atoms with van der Waals surface area (Å²) < 4.78 is 2.95. The summed E-state index contributed by atoms with van der Waals surface area (Å²) in [6.45, 7) is 0. The van der Waals surface area contributed by atoms with Crippen molar-refractivity contribution in [2.24, 2.45) is 0 Å². The highest BCUT2D eigenvalue weighted by molar-refractivity contribution is 9.10. The summed E-state index contributed by atoms with van der Waals surface area (Å²) in [6, 6.07) is 9.64. The Labute approximate surface area is 124 Å². The van der Waals surface area contributed by atoms with Gasteiger partial charge in [0.05, 0.1) is 5.02 Å². The second-order valence-corrected chi connectivity index (χ2v) is 6.00. The van der Waals surface area contributed by atoms with E-state index in [0.29, 0.717) is 16.8 Å². The summed E-state index contributed by atoms with van der Waals surface area (Å²) in [6.07, 6.45) is 4.06. The number of carbonyl (C=O) groups excluding carboxylic acids is 1. The average molecular weight is 340 g/mol. The number of carbonyl (C=O) groups is 1. The fraction of sp³-hybridized carbons (Fsp3) is 0.214. The molecule has 1 aliphatic carbocycles. The molecule has 1 N–H and O–H groups in total. The molecule has 0 spiro atoms. The number of benzene rings is 1. The number of anilines is 1. The van der Waals surface area contributed by atoms with E-state index in [1.54, 1.807) is 6.07 Å². The summed E-state index contributed by atoms with van der Waals surface area (Å²) in [4.78, 5) is 12.3. The van der Waals surface area contributed by atoms with Crippen LogP contribution in [0.2, 0.25) is 5.02 Å². The number of halogens is 2. The lowest BCUT2D eigenvalue weighted by Crippen LogP contribution is -2.16. The second kappa shape index (κ2) is 5.02. The zero-order valence-electron chi connectivity index (χ0n) is 10.1. The van der Waals surface area contributed by atoms with Crippen molar-refractivity contribution in [2.75, 3.05) is 5.32 Å². The van der Waals surface area contributed by atoms with E-state index in [2.05, 4.69) is 21.2 Å². The van der Waals surface area contributed by atoms with Crippen molar-refractivity contribution in [1.29, 1.82) is 0 Å². The lowest BCUT2D eigenvalue weighted by atomic mass is 10.3. The average Bonchev–Trinajstić information content (AvgIpc) is 3.15. The van der Waals surface area contributed by atoms with Crippen LogP contribution in [0, 0.1) is 0 Å². The molecule has 0 saturated heterocycles. The van der Waals surface area contributed by atoms with E-state index in [1.165, 1.54) is 0 Å². The molecule has 0 unspecified atom stereocenters. The molecule has 0 radical (unpaired) electrons. The first-order chi connectivity index (χ1) is 9.13. The highest BCUT2D eigenvalue weighted by Gasteiger charge is 2.27. The molecule has 5 heteroatoms. The molecule has 1 heterocycles. The molecule has 3 rings (SSSR count). The first kappa shape index (κ1) is 12.8. The van der Waals surface area contributed by atoms with Gasteiger partial charge in [-0.05, 0) is 43.2 Å². The van der Waals surface area contributed by atoms with E-state index >= 15 is 0 Å². The third kappa shape index (κ3) is 2.85. The molecule has 1 saturated carbocycles. The van der Waals surface area contributed by atoms with Gasteiger partial charge in [0.2, 0.25) is 0 Å². The monoisotopic (exact) mass is 338 g/mol. The van der Waals surface area contributed by atoms with Gasteiger partial charge in [-0.15, -0.1) is 0 Å². The Morgan fingerprint density at radius 3 is 2.63 bits per heavy atom. The Morgan fingerprint density at radius 1 is 1.32 bits per heavy atom. The number of amides is 1. The third-order valence-electron chi connectivity index (χ3n) is 3.09. The molecule has 1 aromatic heterocycles. The Balaban J connectivity index is 1.82. The van der Waals surface area contributed by atoms with Crippen LogP contribution in [-0.4, -0.2) is 10.5 Å². The number of nitrogens with one attached hydrogen (secondary N) is 1. The summed E-state index contributed by atoms with van der Waals surface area (Å²) in [5.74, 6) is -0.124. The minimum atomic E-state index is -0.124. The van der Waals surface area contributed by atoms with Crippen LogP contribution in [0.5, 0.6) is 0 Å². The van der Waals surface area contributed by atoms with Crippen molar-refractivity contribution in [3.8, 4) is 0 Å². The minimum Gasteiger partial charge on any atom is -0.339 e. The van der Waals surface area contributed by atoms with Crippen molar-refractivity contribution in [3.05, 3.63) is 51.7 Å². The summed E-state index contributed by atoms with van der Waals surface area (Å²) in [7, 11) is 0. The van der Waals surface area contributed by atoms with Crippen LogP contribution in [0.3, 0.4) is 0 Å². The molecule has 2 aromatic rings. The highest BCUT2D eigenvalue weighted by Crippen LogP contribution is 2.37. The lowest BCUT2D eigenvalue weighted by Gasteiger charge is -2.08. The fourth-order valence-corrected chi connectivity index (χ4v) is 2.48. The van der Waals surface area contributed by atoms with Crippen LogP contribution in [-0.2, 0) is 0 Å². The lowest BCUT2D eigenvalue weighted by molar-refractivity contribution is 0.101. The Kier molecular flexibility index (Phi) is 3.37. The molecule has 0 bridgehead atoms. The number of hydrogen-bond acceptors (Lipinski definition) is 1. The van der Waals surface area contributed by atoms with Gasteiger partial charge in [0, 0.05) is 22.4 Å². The normalized spacial score (nSPS) is 14.4. The topological polar surface area (TPSA) is 34.0 Å². The van der Waals surface area contributed by atoms with Crippen LogP contribution in [0.25, 0.3) is 0 Å². The van der Waals surface area contributed by atoms with E-state index in [1.807, 2.05) is 35.0 Å². The maximum Gasteiger partial charge on any atom is 0.272 e. The number of aromatic nitrogens is 1. The largest absolute Gasteiger partial charge is 0.339 e. The zero-order chi connectivity index (χ0) is 13.4. The molecule has 1 fully saturated rings. The molecule has 1 amide bonds. The second-order valence-electron chi connectivity index (χ2n) is 4.64. The van der Waals surface area contributed by atoms with Gasteiger partial charge in [0.1, 0.15) is 5.69 Å². The molecule has 1 aliphatic rings. The van der Waals surface area contributed by atoms with Gasteiger partial charge >= 0.3 is 0 Å². The van der Waals surface area contributed by atoms with Crippen LogP contribution in [0.4, 0.5) is 5.69 Å². The van der Waals surface area contributed by atoms with Crippen molar-refractivity contribution in [2.45, 2.75) is 18.9 Å². The van der Waals surface area contributed by atoms with Gasteiger partial charge < -0.3 is 9.88 Å². The Hall–Kier alpha value is -1.26. The van der Waals surface area contributed by atoms with Gasteiger partial charge in [-0.3, -0.25) is 4.79 Å². The van der Waals surface area contributed by atoms with E-state index < -0.39 is 0 Å². The van der Waals surface area contributed by atoms with Gasteiger partial charge in [-0.25, -0.2) is 0 Å². The Bertz CT molecular complexity index is 617. The van der Waals surface area contributed by atoms with Crippen molar-refractivity contribution in [3.63, 3.8) is 0 Å². The van der Waals surface area contributed by atoms with E-state index in [4.69, 9.17) is 11.6 Å². The molecular weight excluding hydrogens is 328 g/mol.